The molecule has 0 amide bonds. The number of hydrogen-bond acceptors (Lipinski definition) is 3. The number of ether oxygens (including phenoxy) is 1. The molecule has 0 aliphatic carbocycles. The average Bonchev–Trinajstić information content (AvgIpc) is 2.73. The molecule has 0 saturated heterocycles. The highest BCUT2D eigenvalue weighted by Gasteiger charge is 2.11. The van der Waals surface area contributed by atoms with Crippen molar-refractivity contribution in [3.8, 4) is 5.75 Å². The molecule has 28 heavy (non-hydrogen) atoms. The summed E-state index contributed by atoms with van der Waals surface area (Å²) in [5.74, 6) is -0.543. The first-order valence-electron chi connectivity index (χ1n) is 9.48. The number of hydrogen-bond donors (Lipinski definition) is 1. The summed E-state index contributed by atoms with van der Waals surface area (Å²) in [6, 6.07) is 27.6. The highest BCUT2D eigenvalue weighted by Crippen LogP contribution is 2.18. The number of nitrogens with zero attached hydrogens (tertiary/aromatic N) is 1. The smallest absolute Gasteiger partial charge is 0.339 e. The molecule has 0 aliphatic rings. The van der Waals surface area contributed by atoms with Crippen molar-refractivity contribution in [3.63, 3.8) is 0 Å². The van der Waals surface area contributed by atoms with Crippen molar-refractivity contribution in [2.24, 2.45) is 0 Å². The van der Waals surface area contributed by atoms with Gasteiger partial charge in [0.05, 0.1) is 6.61 Å². The third-order valence-corrected chi connectivity index (χ3v) is 4.49. The fraction of sp³-hybridized carbons (Fsp3) is 0.208. The number of carbonyl (C=O) groups is 1. The second-order valence-electron chi connectivity index (χ2n) is 6.69. The first-order valence-corrected chi connectivity index (χ1v) is 9.48. The van der Waals surface area contributed by atoms with E-state index in [2.05, 4.69) is 53.4 Å². The molecule has 3 aromatic carbocycles. The van der Waals surface area contributed by atoms with E-state index < -0.39 is 5.97 Å². The first kappa shape index (κ1) is 19.6. The van der Waals surface area contributed by atoms with Gasteiger partial charge in [-0.2, -0.15) is 0 Å². The Labute approximate surface area is 166 Å². The van der Waals surface area contributed by atoms with Crippen molar-refractivity contribution in [2.45, 2.75) is 19.5 Å². The Kier molecular flexibility index (Phi) is 7.21. The number of carboxylic acids is 1. The van der Waals surface area contributed by atoms with E-state index in [4.69, 9.17) is 4.74 Å². The second-order valence-corrected chi connectivity index (χ2v) is 6.69. The zero-order valence-corrected chi connectivity index (χ0v) is 15.8. The standard InChI is InChI=1S/C24H25NO3/c26-24(27)22-14-7-8-15-23(22)28-17-9-16-25(18-20-10-3-1-4-11-20)19-21-12-5-2-6-13-21/h1-8,10-15H,9,16-19H2,(H,26,27). The molecule has 0 radical (unpaired) electrons. The quantitative estimate of drug-likeness (QED) is 0.514. The van der Waals surface area contributed by atoms with Gasteiger partial charge < -0.3 is 9.84 Å². The Balaban J connectivity index is 1.57. The highest BCUT2D eigenvalue weighted by atomic mass is 16.5. The lowest BCUT2D eigenvalue weighted by Crippen LogP contribution is -2.25. The van der Waals surface area contributed by atoms with Crippen molar-refractivity contribution in [1.82, 2.24) is 4.90 Å². The zero-order chi connectivity index (χ0) is 19.6. The maximum absolute atomic E-state index is 11.3. The fourth-order valence-corrected chi connectivity index (χ4v) is 3.14. The van der Waals surface area contributed by atoms with Crippen molar-refractivity contribution >= 4 is 5.97 Å². The molecular formula is C24H25NO3. The zero-order valence-electron chi connectivity index (χ0n) is 15.8. The van der Waals surface area contributed by atoms with Gasteiger partial charge in [0.15, 0.2) is 0 Å². The van der Waals surface area contributed by atoms with Crippen molar-refractivity contribution in [1.29, 1.82) is 0 Å². The molecule has 0 aromatic heterocycles. The van der Waals surface area contributed by atoms with Crippen molar-refractivity contribution < 1.29 is 14.6 Å². The van der Waals surface area contributed by atoms with Gasteiger partial charge in [-0.05, 0) is 29.7 Å². The molecule has 0 heterocycles. The van der Waals surface area contributed by atoms with E-state index in [1.54, 1.807) is 24.3 Å². The molecule has 0 bridgehead atoms. The Hall–Kier alpha value is -3.11. The van der Waals surface area contributed by atoms with Crippen LogP contribution in [0, 0.1) is 0 Å². The van der Waals surface area contributed by atoms with E-state index in [-0.39, 0.29) is 5.56 Å². The molecule has 1 N–H and O–H groups in total. The van der Waals surface area contributed by atoms with Gasteiger partial charge in [0.2, 0.25) is 0 Å². The number of benzene rings is 3. The van der Waals surface area contributed by atoms with Gasteiger partial charge in [0.1, 0.15) is 11.3 Å². The fourth-order valence-electron chi connectivity index (χ4n) is 3.14. The van der Waals surface area contributed by atoms with Crippen LogP contribution in [0.5, 0.6) is 5.75 Å². The predicted molar refractivity (Wildman–Crippen MR) is 111 cm³/mol. The molecule has 4 heteroatoms. The number of para-hydroxylation sites is 1. The van der Waals surface area contributed by atoms with Crippen LogP contribution in [0.15, 0.2) is 84.9 Å². The normalized spacial score (nSPS) is 10.8. The van der Waals surface area contributed by atoms with E-state index in [9.17, 15) is 9.90 Å². The number of aromatic carboxylic acids is 1. The summed E-state index contributed by atoms with van der Waals surface area (Å²) >= 11 is 0. The molecule has 144 valence electrons. The third-order valence-electron chi connectivity index (χ3n) is 4.49. The number of carboxylic acid groups (broad SMARTS) is 1. The molecule has 0 unspecified atom stereocenters. The maximum atomic E-state index is 11.3. The summed E-state index contributed by atoms with van der Waals surface area (Å²) in [7, 11) is 0. The monoisotopic (exact) mass is 375 g/mol. The summed E-state index contributed by atoms with van der Waals surface area (Å²) in [6.07, 6.45) is 0.813. The molecule has 0 fully saturated rings. The SMILES string of the molecule is O=C(O)c1ccccc1OCCCN(Cc1ccccc1)Cc1ccccc1. The van der Waals surface area contributed by atoms with Gasteiger partial charge in [-0.1, -0.05) is 72.8 Å². The van der Waals surface area contributed by atoms with Crippen LogP contribution in [0.2, 0.25) is 0 Å². The Morgan fingerprint density at radius 2 is 1.32 bits per heavy atom. The topological polar surface area (TPSA) is 49.8 Å². The lowest BCUT2D eigenvalue weighted by molar-refractivity contribution is 0.0692. The molecule has 0 atom stereocenters. The van der Waals surface area contributed by atoms with E-state index >= 15 is 0 Å². The molecule has 3 rings (SSSR count). The van der Waals surface area contributed by atoms with E-state index in [1.165, 1.54) is 11.1 Å². The van der Waals surface area contributed by atoms with Crippen LogP contribution in [0.1, 0.15) is 27.9 Å². The third kappa shape index (κ3) is 5.96. The molecule has 0 aliphatic heterocycles. The van der Waals surface area contributed by atoms with Gasteiger partial charge in [0.25, 0.3) is 0 Å². The van der Waals surface area contributed by atoms with Crippen LogP contribution in [-0.2, 0) is 13.1 Å². The van der Waals surface area contributed by atoms with E-state index in [0.29, 0.717) is 12.4 Å². The van der Waals surface area contributed by atoms with Crippen LogP contribution in [-0.4, -0.2) is 29.1 Å². The Morgan fingerprint density at radius 3 is 1.89 bits per heavy atom. The predicted octanol–water partition coefficient (Wildman–Crippen LogP) is 4.86. The summed E-state index contributed by atoms with van der Waals surface area (Å²) < 4.78 is 5.74. The van der Waals surface area contributed by atoms with Crippen LogP contribution in [0.3, 0.4) is 0 Å². The van der Waals surface area contributed by atoms with Gasteiger partial charge in [-0.25, -0.2) is 4.79 Å². The molecule has 0 spiro atoms. The molecule has 3 aromatic rings. The highest BCUT2D eigenvalue weighted by molar-refractivity contribution is 5.90. The largest absolute Gasteiger partial charge is 0.493 e. The van der Waals surface area contributed by atoms with E-state index in [0.717, 1.165) is 26.1 Å². The van der Waals surface area contributed by atoms with Crippen LogP contribution < -0.4 is 4.74 Å². The second kappa shape index (κ2) is 10.3. The van der Waals surface area contributed by atoms with Gasteiger partial charge >= 0.3 is 5.97 Å². The van der Waals surface area contributed by atoms with Gasteiger partial charge in [0, 0.05) is 19.6 Å². The van der Waals surface area contributed by atoms with Gasteiger partial charge in [-0.3, -0.25) is 4.90 Å². The van der Waals surface area contributed by atoms with Crippen LogP contribution in [0.25, 0.3) is 0 Å². The summed E-state index contributed by atoms with van der Waals surface area (Å²) in [4.78, 5) is 13.7. The first-order chi connectivity index (χ1) is 13.7. The lowest BCUT2D eigenvalue weighted by Gasteiger charge is -2.23. The average molecular weight is 375 g/mol. The summed E-state index contributed by atoms with van der Waals surface area (Å²) in [5, 5.41) is 9.25. The lowest BCUT2D eigenvalue weighted by atomic mass is 10.1. The van der Waals surface area contributed by atoms with Crippen LogP contribution >= 0.6 is 0 Å². The van der Waals surface area contributed by atoms with Gasteiger partial charge in [-0.15, -0.1) is 0 Å². The number of rotatable bonds is 10. The van der Waals surface area contributed by atoms with Crippen molar-refractivity contribution in [2.75, 3.05) is 13.2 Å². The molecule has 0 saturated carbocycles. The van der Waals surface area contributed by atoms with Crippen molar-refractivity contribution in [3.05, 3.63) is 102 Å². The Morgan fingerprint density at radius 1 is 0.786 bits per heavy atom. The minimum absolute atomic E-state index is 0.202. The van der Waals surface area contributed by atoms with Crippen LogP contribution in [0.4, 0.5) is 0 Å². The minimum atomic E-state index is -0.967. The summed E-state index contributed by atoms with van der Waals surface area (Å²) in [6.45, 7) is 3.06. The Bertz CT molecular complexity index is 824. The minimum Gasteiger partial charge on any atom is -0.493 e. The van der Waals surface area contributed by atoms with E-state index in [1.807, 2.05) is 12.1 Å². The molecular weight excluding hydrogens is 350 g/mol. The molecule has 4 nitrogen and oxygen atoms in total. The summed E-state index contributed by atoms with van der Waals surface area (Å²) in [5.41, 5.74) is 2.75. The maximum Gasteiger partial charge on any atom is 0.339 e.